The lowest BCUT2D eigenvalue weighted by Gasteiger charge is -2.03. The highest BCUT2D eigenvalue weighted by Gasteiger charge is 2.21. The highest BCUT2D eigenvalue weighted by atomic mass is 32.1. The molecule has 7 heteroatoms. The number of ketones is 1. The molecule has 2 aromatic carbocycles. The molecule has 0 atom stereocenters. The van der Waals surface area contributed by atoms with E-state index in [0.29, 0.717) is 21.1 Å². The minimum atomic E-state index is -0.259. The van der Waals surface area contributed by atoms with Crippen molar-refractivity contribution in [2.75, 3.05) is 10.6 Å². The van der Waals surface area contributed by atoms with Crippen LogP contribution in [-0.4, -0.2) is 16.7 Å². The topological polar surface area (TPSA) is 94.9 Å². The molecule has 0 saturated heterocycles. The predicted octanol–water partition coefficient (Wildman–Crippen LogP) is 4.65. The van der Waals surface area contributed by atoms with Gasteiger partial charge >= 0.3 is 0 Å². The van der Waals surface area contributed by atoms with Gasteiger partial charge in [0.15, 0.2) is 10.9 Å². The van der Waals surface area contributed by atoms with Crippen molar-refractivity contribution in [2.45, 2.75) is 20.3 Å². The van der Waals surface area contributed by atoms with Crippen molar-refractivity contribution in [3.8, 4) is 6.07 Å². The number of aryl methyl sites for hydroxylation is 1. The third-order valence-corrected chi connectivity index (χ3v) is 4.96. The van der Waals surface area contributed by atoms with Gasteiger partial charge in [0, 0.05) is 17.7 Å². The van der Waals surface area contributed by atoms with Crippen LogP contribution in [0.4, 0.5) is 16.6 Å². The number of hydrogen-bond donors (Lipinski definition) is 2. The van der Waals surface area contributed by atoms with Crippen LogP contribution in [0.1, 0.15) is 39.7 Å². The lowest BCUT2D eigenvalue weighted by Crippen LogP contribution is -2.13. The van der Waals surface area contributed by atoms with Gasteiger partial charge in [0.25, 0.3) is 0 Å². The van der Waals surface area contributed by atoms with Crippen LogP contribution >= 0.6 is 11.3 Å². The zero-order valence-corrected chi connectivity index (χ0v) is 16.3. The number of carbonyl (C=O) groups excluding carboxylic acids is 2. The molecule has 1 amide bonds. The first-order chi connectivity index (χ1) is 13.5. The molecule has 0 bridgehead atoms. The van der Waals surface area contributed by atoms with E-state index in [1.165, 1.54) is 11.3 Å². The third-order valence-electron chi connectivity index (χ3n) is 3.99. The van der Waals surface area contributed by atoms with Gasteiger partial charge in [-0.1, -0.05) is 36.0 Å². The van der Waals surface area contributed by atoms with Gasteiger partial charge in [-0.25, -0.2) is 4.98 Å². The monoisotopic (exact) mass is 390 g/mol. The van der Waals surface area contributed by atoms with Crippen LogP contribution in [-0.2, 0) is 4.79 Å². The van der Waals surface area contributed by atoms with Gasteiger partial charge in [-0.05, 0) is 43.3 Å². The number of anilines is 3. The average Bonchev–Trinajstić information content (AvgIpc) is 3.11. The molecule has 140 valence electrons. The molecule has 0 aliphatic carbocycles. The summed E-state index contributed by atoms with van der Waals surface area (Å²) in [5.74, 6) is -0.243. The number of thiazole rings is 1. The Morgan fingerprint density at radius 2 is 1.79 bits per heavy atom. The molecule has 1 heterocycles. The van der Waals surface area contributed by atoms with E-state index < -0.39 is 0 Å². The second-order valence-electron chi connectivity index (χ2n) is 6.11. The minimum Gasteiger partial charge on any atom is -0.331 e. The first-order valence-corrected chi connectivity index (χ1v) is 9.51. The summed E-state index contributed by atoms with van der Waals surface area (Å²) in [5, 5.41) is 15.3. The number of nitrogens with one attached hydrogen (secondary N) is 2. The Kier molecular flexibility index (Phi) is 5.82. The van der Waals surface area contributed by atoms with Crippen molar-refractivity contribution in [3.05, 3.63) is 70.1 Å². The summed E-state index contributed by atoms with van der Waals surface area (Å²) in [6.45, 7) is 3.73. The van der Waals surface area contributed by atoms with Gasteiger partial charge in [-0.3, -0.25) is 9.59 Å². The molecular formula is C21H18N4O2S. The third kappa shape index (κ3) is 4.42. The Hall–Kier alpha value is -3.50. The molecule has 28 heavy (non-hydrogen) atoms. The molecule has 6 nitrogen and oxygen atoms in total. The van der Waals surface area contributed by atoms with Crippen molar-refractivity contribution < 1.29 is 9.59 Å². The average molecular weight is 390 g/mol. The molecule has 2 N–H and O–H groups in total. The van der Waals surface area contributed by atoms with Crippen LogP contribution in [0.5, 0.6) is 0 Å². The van der Waals surface area contributed by atoms with Crippen LogP contribution in [0.25, 0.3) is 0 Å². The SMILES string of the molecule is CCC(=O)Nc1nc(Nc2ccc(C)cc2)sc1C(=O)c1ccc(C#N)cc1. The van der Waals surface area contributed by atoms with E-state index in [4.69, 9.17) is 5.26 Å². The quantitative estimate of drug-likeness (QED) is 0.598. The van der Waals surface area contributed by atoms with E-state index in [1.807, 2.05) is 37.3 Å². The molecule has 3 aromatic rings. The Balaban J connectivity index is 1.93. The number of nitriles is 1. The molecule has 0 saturated carbocycles. The number of carbonyl (C=O) groups is 2. The number of nitrogens with zero attached hydrogens (tertiary/aromatic N) is 2. The molecule has 0 aliphatic rings. The maximum absolute atomic E-state index is 13.0. The summed E-state index contributed by atoms with van der Waals surface area (Å²) >= 11 is 1.17. The molecule has 3 rings (SSSR count). The zero-order valence-electron chi connectivity index (χ0n) is 15.4. The number of amides is 1. The fourth-order valence-electron chi connectivity index (χ4n) is 2.42. The molecule has 1 aromatic heterocycles. The Morgan fingerprint density at radius 1 is 1.11 bits per heavy atom. The van der Waals surface area contributed by atoms with Gasteiger partial charge in [0.2, 0.25) is 11.7 Å². The summed E-state index contributed by atoms with van der Waals surface area (Å²) < 4.78 is 0. The molecular weight excluding hydrogens is 372 g/mol. The standard InChI is InChI=1S/C21H18N4O2S/c1-3-17(26)24-20-19(18(27)15-8-6-14(12-22)7-9-15)28-21(25-20)23-16-10-4-13(2)5-11-16/h4-11H,3H2,1-2H3,(H,23,25)(H,24,26). The highest BCUT2D eigenvalue weighted by Crippen LogP contribution is 2.31. The highest BCUT2D eigenvalue weighted by molar-refractivity contribution is 7.18. The van der Waals surface area contributed by atoms with Gasteiger partial charge in [0.05, 0.1) is 11.6 Å². The molecule has 0 spiro atoms. The maximum Gasteiger partial charge on any atom is 0.225 e. The van der Waals surface area contributed by atoms with Crippen LogP contribution < -0.4 is 10.6 Å². The summed E-state index contributed by atoms with van der Waals surface area (Å²) in [7, 11) is 0. The number of hydrogen-bond acceptors (Lipinski definition) is 6. The Labute approximate surface area is 166 Å². The first-order valence-electron chi connectivity index (χ1n) is 8.69. The fourth-order valence-corrected chi connectivity index (χ4v) is 3.32. The number of benzene rings is 2. The first kappa shape index (κ1) is 19.3. The largest absolute Gasteiger partial charge is 0.331 e. The van der Waals surface area contributed by atoms with Gasteiger partial charge in [0.1, 0.15) is 4.88 Å². The van der Waals surface area contributed by atoms with Crippen LogP contribution in [0.3, 0.4) is 0 Å². The van der Waals surface area contributed by atoms with Gasteiger partial charge in [-0.2, -0.15) is 5.26 Å². The summed E-state index contributed by atoms with van der Waals surface area (Å²) in [4.78, 5) is 29.6. The number of rotatable bonds is 6. The second-order valence-corrected chi connectivity index (χ2v) is 7.11. The Bertz CT molecular complexity index is 1050. The smallest absolute Gasteiger partial charge is 0.225 e. The van der Waals surface area contributed by atoms with Crippen molar-refractivity contribution in [2.24, 2.45) is 0 Å². The van der Waals surface area contributed by atoms with Gasteiger partial charge < -0.3 is 10.6 Å². The van der Waals surface area contributed by atoms with E-state index in [-0.39, 0.29) is 23.9 Å². The zero-order chi connectivity index (χ0) is 20.1. The van der Waals surface area contributed by atoms with Crippen LogP contribution in [0, 0.1) is 18.3 Å². The van der Waals surface area contributed by atoms with E-state index in [1.54, 1.807) is 31.2 Å². The van der Waals surface area contributed by atoms with Crippen molar-refractivity contribution in [1.82, 2.24) is 4.98 Å². The van der Waals surface area contributed by atoms with Gasteiger partial charge in [-0.15, -0.1) is 0 Å². The molecule has 0 unspecified atom stereocenters. The lowest BCUT2D eigenvalue weighted by atomic mass is 10.1. The molecule has 0 aliphatic heterocycles. The van der Waals surface area contributed by atoms with Crippen molar-refractivity contribution in [3.63, 3.8) is 0 Å². The second kappa shape index (κ2) is 8.46. The maximum atomic E-state index is 13.0. The van der Waals surface area contributed by atoms with E-state index >= 15 is 0 Å². The summed E-state index contributed by atoms with van der Waals surface area (Å²) in [6, 6.07) is 16.2. The minimum absolute atomic E-state index is 0.221. The summed E-state index contributed by atoms with van der Waals surface area (Å²) in [6.07, 6.45) is 0.281. The van der Waals surface area contributed by atoms with Crippen molar-refractivity contribution >= 4 is 39.7 Å². The van der Waals surface area contributed by atoms with Crippen LogP contribution in [0.2, 0.25) is 0 Å². The van der Waals surface area contributed by atoms with Crippen molar-refractivity contribution in [1.29, 1.82) is 5.26 Å². The van der Waals surface area contributed by atoms with E-state index in [0.717, 1.165) is 11.3 Å². The fraction of sp³-hybridized carbons (Fsp3) is 0.143. The molecule has 0 radical (unpaired) electrons. The summed E-state index contributed by atoms with van der Waals surface area (Å²) in [5.41, 5.74) is 2.88. The predicted molar refractivity (Wildman–Crippen MR) is 110 cm³/mol. The normalized spacial score (nSPS) is 10.2. The van der Waals surface area contributed by atoms with E-state index in [2.05, 4.69) is 15.6 Å². The Morgan fingerprint density at radius 3 is 2.39 bits per heavy atom. The van der Waals surface area contributed by atoms with Crippen LogP contribution in [0.15, 0.2) is 48.5 Å². The lowest BCUT2D eigenvalue weighted by molar-refractivity contribution is -0.115. The number of aromatic nitrogens is 1. The van der Waals surface area contributed by atoms with E-state index in [9.17, 15) is 9.59 Å². The molecule has 0 fully saturated rings.